The number of aromatic amines is 1. The van der Waals surface area contributed by atoms with Crippen molar-refractivity contribution in [2.24, 2.45) is 11.3 Å². The summed E-state index contributed by atoms with van der Waals surface area (Å²) in [5, 5.41) is 18.5. The summed E-state index contributed by atoms with van der Waals surface area (Å²) in [6, 6.07) is 16.3. The van der Waals surface area contributed by atoms with E-state index in [1.807, 2.05) is 46.7 Å². The lowest BCUT2D eigenvalue weighted by atomic mass is 9.60. The highest BCUT2D eigenvalue weighted by Crippen LogP contribution is 2.55. The molecule has 8 heterocycles. The van der Waals surface area contributed by atoms with Gasteiger partial charge >= 0.3 is 0 Å². The maximum atomic E-state index is 14.6. The third-order valence-electron chi connectivity index (χ3n) is 15.3. The Morgan fingerprint density at radius 1 is 1.00 bits per heavy atom. The summed E-state index contributed by atoms with van der Waals surface area (Å²) in [5.41, 5.74) is 4.48. The van der Waals surface area contributed by atoms with Gasteiger partial charge in [-0.25, -0.2) is 13.1 Å². The molecule has 2 aromatic carbocycles. The lowest BCUT2D eigenvalue weighted by Gasteiger charge is -2.56. The first-order valence-corrected chi connectivity index (χ1v) is 26.2. The van der Waals surface area contributed by atoms with Crippen molar-refractivity contribution in [2.45, 2.75) is 100 Å². The number of carbonyl (C=O) groups is 1. The number of fused-ring (bicyclic) bond motifs is 3. The van der Waals surface area contributed by atoms with Crippen LogP contribution in [0, 0.1) is 21.4 Å². The van der Waals surface area contributed by atoms with Gasteiger partial charge in [0.05, 0.1) is 40.3 Å². The number of nitro groups is 1. The number of nitrogens with zero attached hydrogens (tertiary/aromatic N) is 5. The second kappa shape index (κ2) is 17.7. The van der Waals surface area contributed by atoms with Crippen LogP contribution in [0.15, 0.2) is 71.1 Å². The number of amides is 1. The Morgan fingerprint density at radius 2 is 1.82 bits per heavy atom. The molecule has 67 heavy (non-hydrogen) atoms. The monoisotopic (exact) mass is 950 g/mol. The number of H-pyrrole nitrogens is 1. The van der Waals surface area contributed by atoms with Gasteiger partial charge in [0.25, 0.3) is 21.6 Å². The zero-order valence-electron chi connectivity index (χ0n) is 37.9. The second-order valence-corrected chi connectivity index (χ2v) is 22.3. The molecule has 1 spiro atoms. The smallest absolute Gasteiger partial charge is 0.293 e. The van der Waals surface area contributed by atoms with E-state index in [-0.39, 0.29) is 23.2 Å². The molecule has 5 aliphatic heterocycles. The Kier molecular flexibility index (Phi) is 11.7. The van der Waals surface area contributed by atoms with Crippen molar-refractivity contribution in [3.05, 3.63) is 92.3 Å². The average Bonchev–Trinajstić information content (AvgIpc) is 4.16. The fraction of sp³-hybridized carbons (Fsp3) is 0.510. The molecule has 3 atom stereocenters. The molecule has 6 aliphatic rings. The summed E-state index contributed by atoms with van der Waals surface area (Å²) >= 11 is 1.90. The van der Waals surface area contributed by atoms with Gasteiger partial charge in [0.15, 0.2) is 0 Å². The number of aromatic nitrogens is 2. The van der Waals surface area contributed by atoms with E-state index in [1.165, 1.54) is 54.8 Å². The van der Waals surface area contributed by atoms with Crippen molar-refractivity contribution in [1.29, 1.82) is 0 Å². The van der Waals surface area contributed by atoms with Gasteiger partial charge in [-0.05, 0) is 135 Å². The minimum absolute atomic E-state index is 0.117. The number of pyridine rings is 1. The van der Waals surface area contributed by atoms with Crippen LogP contribution in [-0.4, -0.2) is 105 Å². The molecule has 354 valence electrons. The molecule has 1 aliphatic carbocycles. The molecule has 1 saturated carbocycles. The molecule has 0 unspecified atom stereocenters. The third-order valence-corrected chi connectivity index (χ3v) is 17.9. The molecular formula is C49H58N8O8S2. The van der Waals surface area contributed by atoms with E-state index in [0.717, 1.165) is 55.9 Å². The van der Waals surface area contributed by atoms with Crippen molar-refractivity contribution < 1.29 is 32.3 Å². The van der Waals surface area contributed by atoms with Gasteiger partial charge in [0, 0.05) is 73.1 Å². The zero-order chi connectivity index (χ0) is 46.0. The summed E-state index contributed by atoms with van der Waals surface area (Å²) in [5.74, 6) is 0.319. The topological polar surface area (TPSA) is 184 Å². The highest BCUT2D eigenvalue weighted by Gasteiger charge is 2.50. The number of hydrogen-bond donors (Lipinski definition) is 3. The van der Waals surface area contributed by atoms with Crippen LogP contribution in [0.5, 0.6) is 5.88 Å². The Balaban J connectivity index is 0.867. The molecule has 5 fully saturated rings. The van der Waals surface area contributed by atoms with Gasteiger partial charge in [0.2, 0.25) is 5.88 Å². The largest absolute Gasteiger partial charge is 0.468 e. The molecule has 1 amide bonds. The number of nitro benzene ring substituents is 1. The summed E-state index contributed by atoms with van der Waals surface area (Å²) in [6.07, 6.45) is 10.1. The number of rotatable bonds is 12. The normalized spacial score (nSPS) is 23.3. The fourth-order valence-electron chi connectivity index (χ4n) is 11.7. The van der Waals surface area contributed by atoms with Crippen LogP contribution < -0.4 is 24.6 Å². The number of piperidine rings is 1. The first-order chi connectivity index (χ1) is 32.4. The van der Waals surface area contributed by atoms with Gasteiger partial charge in [-0.3, -0.25) is 19.8 Å². The number of anilines is 4. The van der Waals surface area contributed by atoms with Crippen molar-refractivity contribution in [1.82, 2.24) is 19.6 Å². The van der Waals surface area contributed by atoms with Crippen LogP contribution >= 0.6 is 11.3 Å². The highest BCUT2D eigenvalue weighted by molar-refractivity contribution is 7.90. The number of benzene rings is 2. The van der Waals surface area contributed by atoms with Gasteiger partial charge in [-0.2, -0.15) is 4.98 Å². The maximum Gasteiger partial charge on any atom is 0.293 e. The average molecular weight is 951 g/mol. The molecule has 5 aromatic rings. The minimum atomic E-state index is -4.58. The fourth-order valence-corrected chi connectivity index (χ4v) is 13.7. The summed E-state index contributed by atoms with van der Waals surface area (Å²) in [7, 11) is -4.58. The zero-order valence-corrected chi connectivity index (χ0v) is 39.6. The summed E-state index contributed by atoms with van der Waals surface area (Å²) in [4.78, 5) is 42.5. The lowest BCUT2D eigenvalue weighted by molar-refractivity contribution is -0.384. The first-order valence-electron chi connectivity index (χ1n) is 23.8. The molecule has 16 nitrogen and oxygen atoms in total. The highest BCUT2D eigenvalue weighted by atomic mass is 32.2. The van der Waals surface area contributed by atoms with Crippen LogP contribution in [0.25, 0.3) is 11.0 Å². The van der Waals surface area contributed by atoms with Crippen LogP contribution in [-0.2, 0) is 19.5 Å². The van der Waals surface area contributed by atoms with Crippen LogP contribution in [0.1, 0.15) is 98.0 Å². The SMILES string of the molecule is CC(C)c1sccc1[C@@H]1CCCN1C1CC2(CCN(c3ccc(C(=O)NS(=O)(=O)c4ccc(NCC5CCOCC5)c([N+](=O)[O-])c4)c(N4c5cc6cc[nH]c6nc5O[C@@H]5COC[C@H]54)c3)CC2)C1. The summed E-state index contributed by atoms with van der Waals surface area (Å²) in [6.45, 7) is 9.87. The van der Waals surface area contributed by atoms with E-state index >= 15 is 0 Å². The van der Waals surface area contributed by atoms with E-state index in [2.05, 4.69) is 50.1 Å². The van der Waals surface area contributed by atoms with Crippen LogP contribution in [0.3, 0.4) is 0 Å². The number of nitrogens with one attached hydrogen (secondary N) is 3. The Hall–Kier alpha value is -5.27. The first kappa shape index (κ1) is 44.2. The molecule has 11 rings (SSSR count). The Morgan fingerprint density at radius 3 is 2.61 bits per heavy atom. The number of sulfonamides is 1. The Labute approximate surface area is 394 Å². The van der Waals surface area contributed by atoms with E-state index < -0.39 is 37.5 Å². The van der Waals surface area contributed by atoms with E-state index in [1.54, 1.807) is 6.07 Å². The maximum absolute atomic E-state index is 14.6. The van der Waals surface area contributed by atoms with Crippen molar-refractivity contribution in [2.75, 3.05) is 67.7 Å². The van der Waals surface area contributed by atoms with Gasteiger partial charge < -0.3 is 34.3 Å². The predicted octanol–water partition coefficient (Wildman–Crippen LogP) is 8.50. The molecule has 4 saturated heterocycles. The molecule has 3 aromatic heterocycles. The van der Waals surface area contributed by atoms with Crippen molar-refractivity contribution in [3.8, 4) is 5.88 Å². The molecule has 18 heteroatoms. The minimum Gasteiger partial charge on any atom is -0.468 e. The number of thiophene rings is 1. The quantitative estimate of drug-likeness (QED) is 0.0800. The van der Waals surface area contributed by atoms with Crippen molar-refractivity contribution in [3.63, 3.8) is 0 Å². The number of carbonyl (C=O) groups excluding carboxylic acids is 1. The second-order valence-electron chi connectivity index (χ2n) is 19.7. The number of hydrogen-bond acceptors (Lipinski definition) is 14. The van der Waals surface area contributed by atoms with E-state index in [4.69, 9.17) is 19.2 Å². The predicted molar refractivity (Wildman–Crippen MR) is 257 cm³/mol. The lowest BCUT2D eigenvalue weighted by Crippen LogP contribution is -2.55. The van der Waals surface area contributed by atoms with E-state index in [9.17, 15) is 23.3 Å². The van der Waals surface area contributed by atoms with Crippen molar-refractivity contribution >= 4 is 66.7 Å². The van der Waals surface area contributed by atoms with Crippen LogP contribution in [0.4, 0.5) is 28.4 Å². The van der Waals surface area contributed by atoms with Gasteiger partial charge in [-0.1, -0.05) is 13.8 Å². The molecule has 3 N–H and O–H groups in total. The Bertz CT molecular complexity index is 2790. The molecule has 0 bridgehead atoms. The molecular weight excluding hydrogens is 893 g/mol. The van der Waals surface area contributed by atoms with Gasteiger partial charge in [0.1, 0.15) is 23.1 Å². The number of ether oxygens (including phenoxy) is 3. The summed E-state index contributed by atoms with van der Waals surface area (Å²) < 4.78 is 48.2. The van der Waals surface area contributed by atoms with Crippen LogP contribution in [0.2, 0.25) is 0 Å². The van der Waals surface area contributed by atoms with E-state index in [0.29, 0.717) is 79.3 Å². The van der Waals surface area contributed by atoms with Gasteiger partial charge in [-0.15, -0.1) is 11.3 Å². The third kappa shape index (κ3) is 8.31. The standard InChI is InChI=1S/C49H58N8O8S2/c1-30(2)45-36(12-21-66-45)39-4-3-16-55(39)34-25-49(26-34)13-17-54(18-14-49)33-5-7-37(40(23-33)56-42-22-32-9-15-50-46(32)52-48(42)65-44-29-64-28-43(44)56)47(58)53-67(61,62)35-6-8-38(41(24-35)57(59)60)51-27-31-10-19-63-20-11-31/h5-9,12,15,21-24,30-31,34,39,43-44,51H,3-4,10-11,13-14,16-20,25-29H2,1-2H3,(H,50,52)(H,53,58)/t39-,43+,44+/m0/s1. The molecule has 0 radical (unpaired) electrons. The number of likely N-dealkylation sites (tertiary alicyclic amines) is 1.